The molecular weight excluding hydrogens is 220 g/mol. The lowest BCUT2D eigenvalue weighted by atomic mass is 10.1. The van der Waals surface area contributed by atoms with Crippen LogP contribution in [0.1, 0.15) is 23.2 Å². The van der Waals surface area contributed by atoms with Gasteiger partial charge >= 0.3 is 5.76 Å². The summed E-state index contributed by atoms with van der Waals surface area (Å²) in [5, 5.41) is 3.81. The molecule has 0 bridgehead atoms. The van der Waals surface area contributed by atoms with E-state index in [9.17, 15) is 9.59 Å². The zero-order chi connectivity index (χ0) is 12.3. The van der Waals surface area contributed by atoms with E-state index < -0.39 is 11.7 Å². The van der Waals surface area contributed by atoms with E-state index in [0.29, 0.717) is 6.42 Å². The summed E-state index contributed by atoms with van der Waals surface area (Å²) in [6.45, 7) is 1.27. The first-order valence-corrected chi connectivity index (χ1v) is 5.31. The van der Waals surface area contributed by atoms with E-state index >= 15 is 0 Å². The Kier molecular flexibility index (Phi) is 3.18. The quantitative estimate of drug-likeness (QED) is 0.799. The molecule has 0 aliphatic heterocycles. The number of nitrogens with zero attached hydrogens (tertiary/aromatic N) is 2. The number of aromatic nitrogens is 2. The van der Waals surface area contributed by atoms with Gasteiger partial charge < -0.3 is 4.42 Å². The molecule has 1 aromatic carbocycles. The molecule has 2 aromatic rings. The van der Waals surface area contributed by atoms with Crippen molar-refractivity contribution in [3.8, 4) is 0 Å². The molecule has 0 spiro atoms. The summed E-state index contributed by atoms with van der Waals surface area (Å²) < 4.78 is 5.61. The van der Waals surface area contributed by atoms with E-state index in [0.717, 1.165) is 16.7 Å². The molecule has 1 aromatic heterocycles. The van der Waals surface area contributed by atoms with Gasteiger partial charge in [-0.3, -0.25) is 4.79 Å². The van der Waals surface area contributed by atoms with Crippen molar-refractivity contribution in [1.29, 1.82) is 0 Å². The molecule has 0 unspecified atom stereocenters. The summed E-state index contributed by atoms with van der Waals surface area (Å²) in [5.41, 5.74) is 1.13. The van der Waals surface area contributed by atoms with Gasteiger partial charge in [0.05, 0.1) is 0 Å². The third kappa shape index (κ3) is 2.69. The number of carbonyl (C=O) groups excluding carboxylic acids is 1. The van der Waals surface area contributed by atoms with Crippen LogP contribution in [0.15, 0.2) is 39.5 Å². The number of hydrogen-bond acceptors (Lipinski definition) is 4. The van der Waals surface area contributed by atoms with E-state index in [1.807, 2.05) is 30.3 Å². The van der Waals surface area contributed by atoms with E-state index in [2.05, 4.69) is 5.10 Å². The largest absolute Gasteiger partial charge is 0.444 e. The molecule has 88 valence electrons. The lowest BCUT2D eigenvalue weighted by Gasteiger charge is -1.96. The summed E-state index contributed by atoms with van der Waals surface area (Å²) in [5.74, 6) is -0.876. The fourth-order valence-electron chi connectivity index (χ4n) is 1.51. The standard InChI is InChI=1S/C12H12N2O3/c1-9(15)14-12(16)17-11(13-14)8-7-10-5-3-2-4-6-10/h2-6H,7-8H2,1H3. The Morgan fingerprint density at radius 3 is 2.59 bits per heavy atom. The summed E-state index contributed by atoms with van der Waals surface area (Å²) in [6, 6.07) is 9.80. The molecule has 17 heavy (non-hydrogen) atoms. The van der Waals surface area contributed by atoms with Crippen LogP contribution in [0, 0.1) is 0 Å². The van der Waals surface area contributed by atoms with Gasteiger partial charge in [-0.15, -0.1) is 9.78 Å². The molecule has 0 aliphatic carbocycles. The van der Waals surface area contributed by atoms with Crippen LogP contribution in [-0.2, 0) is 12.8 Å². The molecule has 1 heterocycles. The SMILES string of the molecule is CC(=O)n1nc(CCc2ccccc2)oc1=O. The molecule has 2 rings (SSSR count). The number of rotatable bonds is 3. The first-order chi connectivity index (χ1) is 8.16. The van der Waals surface area contributed by atoms with Gasteiger partial charge in [-0.25, -0.2) is 4.79 Å². The van der Waals surface area contributed by atoms with Gasteiger partial charge in [0, 0.05) is 13.3 Å². The molecule has 0 radical (unpaired) electrons. The van der Waals surface area contributed by atoms with Crippen molar-refractivity contribution in [2.45, 2.75) is 19.8 Å². The predicted molar refractivity (Wildman–Crippen MR) is 60.9 cm³/mol. The second-order valence-electron chi connectivity index (χ2n) is 3.68. The summed E-state index contributed by atoms with van der Waals surface area (Å²) >= 11 is 0. The Hall–Kier alpha value is -2.17. The zero-order valence-electron chi connectivity index (χ0n) is 9.42. The molecule has 0 N–H and O–H groups in total. The molecule has 0 amide bonds. The normalized spacial score (nSPS) is 10.4. The third-order valence-corrected chi connectivity index (χ3v) is 2.36. The fraction of sp³-hybridized carbons (Fsp3) is 0.250. The van der Waals surface area contributed by atoms with Crippen LogP contribution in [0.5, 0.6) is 0 Å². The number of hydrogen-bond donors (Lipinski definition) is 0. The van der Waals surface area contributed by atoms with Gasteiger partial charge in [-0.05, 0) is 12.0 Å². The van der Waals surface area contributed by atoms with Gasteiger partial charge in [-0.2, -0.15) is 0 Å². The smallest absolute Gasteiger partial charge is 0.392 e. The van der Waals surface area contributed by atoms with E-state index in [4.69, 9.17) is 4.42 Å². The van der Waals surface area contributed by atoms with Crippen molar-refractivity contribution in [3.05, 3.63) is 52.3 Å². The zero-order valence-corrected chi connectivity index (χ0v) is 9.42. The summed E-state index contributed by atoms with van der Waals surface area (Å²) in [7, 11) is 0. The number of benzene rings is 1. The van der Waals surface area contributed by atoms with E-state index in [-0.39, 0.29) is 5.89 Å². The van der Waals surface area contributed by atoms with Crippen LogP contribution in [0.3, 0.4) is 0 Å². The van der Waals surface area contributed by atoms with Gasteiger partial charge in [0.15, 0.2) is 0 Å². The highest BCUT2D eigenvalue weighted by Crippen LogP contribution is 2.03. The second kappa shape index (κ2) is 4.78. The van der Waals surface area contributed by atoms with Crippen molar-refractivity contribution in [2.75, 3.05) is 0 Å². The molecule has 0 saturated heterocycles. The van der Waals surface area contributed by atoms with Crippen molar-refractivity contribution < 1.29 is 9.21 Å². The van der Waals surface area contributed by atoms with E-state index in [1.54, 1.807) is 0 Å². The minimum atomic E-state index is -0.722. The molecule has 0 atom stereocenters. The summed E-state index contributed by atoms with van der Waals surface area (Å²) in [4.78, 5) is 22.2. The third-order valence-electron chi connectivity index (χ3n) is 2.36. The van der Waals surface area contributed by atoms with E-state index in [1.165, 1.54) is 6.92 Å². The Morgan fingerprint density at radius 1 is 1.29 bits per heavy atom. The predicted octanol–water partition coefficient (Wildman–Crippen LogP) is 1.28. The average molecular weight is 232 g/mol. The minimum Gasteiger partial charge on any atom is -0.392 e. The van der Waals surface area contributed by atoms with Crippen LogP contribution >= 0.6 is 0 Å². The first-order valence-electron chi connectivity index (χ1n) is 5.31. The number of carbonyl (C=O) groups is 1. The van der Waals surface area contributed by atoms with Crippen molar-refractivity contribution in [2.24, 2.45) is 0 Å². The van der Waals surface area contributed by atoms with Crippen molar-refractivity contribution >= 4 is 5.91 Å². The monoisotopic (exact) mass is 232 g/mol. The van der Waals surface area contributed by atoms with Crippen LogP contribution in [0.25, 0.3) is 0 Å². The summed E-state index contributed by atoms with van der Waals surface area (Å²) in [6.07, 6.45) is 1.22. The highest BCUT2D eigenvalue weighted by Gasteiger charge is 2.10. The highest BCUT2D eigenvalue weighted by atomic mass is 16.4. The lowest BCUT2D eigenvalue weighted by Crippen LogP contribution is -2.21. The fourth-order valence-corrected chi connectivity index (χ4v) is 1.51. The molecule has 0 aliphatic rings. The van der Waals surface area contributed by atoms with Gasteiger partial charge in [0.25, 0.3) is 0 Å². The van der Waals surface area contributed by atoms with Gasteiger partial charge in [0.2, 0.25) is 11.8 Å². The van der Waals surface area contributed by atoms with Crippen LogP contribution in [0.4, 0.5) is 0 Å². The highest BCUT2D eigenvalue weighted by molar-refractivity contribution is 5.74. The Morgan fingerprint density at radius 2 is 2.00 bits per heavy atom. The van der Waals surface area contributed by atoms with Crippen molar-refractivity contribution in [3.63, 3.8) is 0 Å². The Balaban J connectivity index is 2.08. The molecule has 5 nitrogen and oxygen atoms in total. The average Bonchev–Trinajstić information content (AvgIpc) is 2.69. The lowest BCUT2D eigenvalue weighted by molar-refractivity contribution is 0.0913. The molecule has 0 fully saturated rings. The maximum atomic E-state index is 11.2. The Bertz CT molecular complexity index is 569. The van der Waals surface area contributed by atoms with Gasteiger partial charge in [-0.1, -0.05) is 30.3 Å². The number of aryl methyl sites for hydroxylation is 2. The minimum absolute atomic E-state index is 0.286. The van der Waals surface area contributed by atoms with Crippen molar-refractivity contribution in [1.82, 2.24) is 9.78 Å². The molecule has 0 saturated carbocycles. The Labute approximate surface area is 97.7 Å². The maximum absolute atomic E-state index is 11.2. The first kappa shape index (κ1) is 11.3. The molecule has 5 heteroatoms. The maximum Gasteiger partial charge on any atom is 0.444 e. The topological polar surface area (TPSA) is 65.1 Å². The van der Waals surface area contributed by atoms with Crippen LogP contribution < -0.4 is 5.76 Å². The van der Waals surface area contributed by atoms with Crippen LogP contribution in [-0.4, -0.2) is 15.7 Å². The van der Waals surface area contributed by atoms with Crippen LogP contribution in [0.2, 0.25) is 0 Å². The molecular formula is C12H12N2O3. The second-order valence-corrected chi connectivity index (χ2v) is 3.68. The van der Waals surface area contributed by atoms with Gasteiger partial charge in [0.1, 0.15) is 0 Å².